The molecule has 1 aliphatic heterocycles. The lowest BCUT2D eigenvalue weighted by Gasteiger charge is -2.42. The maximum absolute atomic E-state index is 8.92. The van der Waals surface area contributed by atoms with E-state index >= 15 is 0 Å². The van der Waals surface area contributed by atoms with Crippen LogP contribution in [0, 0.1) is 0 Å². The molecule has 1 saturated heterocycles. The lowest BCUT2D eigenvalue weighted by Crippen LogP contribution is -2.46. The molecule has 0 saturated carbocycles. The Balaban J connectivity index is 1.43. The number of nitrogens with zero attached hydrogens (tertiary/aromatic N) is 3. The van der Waals surface area contributed by atoms with Gasteiger partial charge in [0.15, 0.2) is 0 Å². The number of aromatic nitrogens is 1. The molecule has 1 aromatic heterocycles. The van der Waals surface area contributed by atoms with E-state index in [1.807, 2.05) is 0 Å². The van der Waals surface area contributed by atoms with Gasteiger partial charge in [-0.2, -0.15) is 0 Å². The van der Waals surface area contributed by atoms with Crippen molar-refractivity contribution in [3.63, 3.8) is 0 Å². The third-order valence-corrected chi connectivity index (χ3v) is 7.96. The molecule has 1 aliphatic carbocycles. The third kappa shape index (κ3) is 5.60. The summed E-state index contributed by atoms with van der Waals surface area (Å²) in [6.45, 7) is 15.3. The zero-order valence-electron chi connectivity index (χ0n) is 21.2. The van der Waals surface area contributed by atoms with Crippen LogP contribution < -0.4 is 4.90 Å². The Bertz CT molecular complexity index is 928. The monoisotopic (exact) mass is 449 g/mol. The van der Waals surface area contributed by atoms with Crippen LogP contribution in [0.5, 0.6) is 0 Å². The first-order valence-corrected chi connectivity index (χ1v) is 13.0. The van der Waals surface area contributed by atoms with E-state index in [1.54, 1.807) is 0 Å². The predicted octanol–water partition coefficient (Wildman–Crippen LogP) is 5.77. The van der Waals surface area contributed by atoms with E-state index in [2.05, 4.69) is 73.9 Å². The Labute approximate surface area is 201 Å². The number of pyridine rings is 1. The smallest absolute Gasteiger partial charge is 0.129 e. The summed E-state index contributed by atoms with van der Waals surface area (Å²) in [7, 11) is 0. The second kappa shape index (κ2) is 10.1. The molecule has 0 atom stereocenters. The molecule has 4 nitrogen and oxygen atoms in total. The largest absolute Gasteiger partial charge is 0.396 e. The maximum Gasteiger partial charge on any atom is 0.129 e. The van der Waals surface area contributed by atoms with Gasteiger partial charge in [0.2, 0.25) is 0 Å². The van der Waals surface area contributed by atoms with Gasteiger partial charge < -0.3 is 10.0 Å². The first kappa shape index (κ1) is 24.2. The summed E-state index contributed by atoms with van der Waals surface area (Å²) < 4.78 is 0. The minimum atomic E-state index is 0.215. The van der Waals surface area contributed by atoms with Crippen LogP contribution in [0.25, 0.3) is 11.3 Å². The summed E-state index contributed by atoms with van der Waals surface area (Å²) in [5, 5.41) is 8.92. The molecule has 2 aliphatic rings. The lowest BCUT2D eigenvalue weighted by molar-refractivity contribution is 0.247. The molecule has 4 heteroatoms. The van der Waals surface area contributed by atoms with Crippen molar-refractivity contribution in [2.24, 2.45) is 0 Å². The molecular weight excluding hydrogens is 406 g/mol. The van der Waals surface area contributed by atoms with E-state index in [9.17, 15) is 0 Å². The average Bonchev–Trinajstić information content (AvgIpc) is 2.82. The van der Waals surface area contributed by atoms with Crippen LogP contribution >= 0.6 is 0 Å². The van der Waals surface area contributed by atoms with E-state index in [-0.39, 0.29) is 10.8 Å². The van der Waals surface area contributed by atoms with E-state index in [0.717, 1.165) is 50.5 Å². The molecular formula is C29H43N3O. The van der Waals surface area contributed by atoms with Gasteiger partial charge in [0.25, 0.3) is 0 Å². The number of anilines is 1. The highest BCUT2D eigenvalue weighted by Crippen LogP contribution is 2.46. The highest BCUT2D eigenvalue weighted by atomic mass is 16.2. The molecule has 0 amide bonds. The molecule has 0 unspecified atom stereocenters. The van der Waals surface area contributed by atoms with Gasteiger partial charge in [-0.1, -0.05) is 58.7 Å². The summed E-state index contributed by atoms with van der Waals surface area (Å²) in [6.07, 6.45) is 7.02. The van der Waals surface area contributed by atoms with Gasteiger partial charge in [-0.25, -0.2) is 4.98 Å². The van der Waals surface area contributed by atoms with Gasteiger partial charge in [0.05, 0.1) is 5.69 Å². The van der Waals surface area contributed by atoms with Crippen LogP contribution in [0.15, 0.2) is 36.4 Å². The quantitative estimate of drug-likeness (QED) is 0.519. The normalized spacial score (nSPS) is 20.0. The number of fused-ring (bicyclic) bond motifs is 1. The fraction of sp³-hybridized carbons (Fsp3) is 0.621. The summed E-state index contributed by atoms with van der Waals surface area (Å²) in [5.41, 5.74) is 5.79. The molecule has 0 bridgehead atoms. The Kier molecular flexibility index (Phi) is 7.45. The molecule has 4 rings (SSSR count). The minimum absolute atomic E-state index is 0.215. The summed E-state index contributed by atoms with van der Waals surface area (Å²) >= 11 is 0. The van der Waals surface area contributed by atoms with E-state index in [0.29, 0.717) is 6.61 Å². The predicted molar refractivity (Wildman–Crippen MR) is 139 cm³/mol. The average molecular weight is 450 g/mol. The molecule has 0 spiro atoms. The Morgan fingerprint density at radius 1 is 0.818 bits per heavy atom. The SMILES string of the molecule is CC1(C)CCC(C)(C)c2cc(-c3cccc(N4CCN(CCCCCCO)CC4)n3)ccc21. The fourth-order valence-electron chi connectivity index (χ4n) is 5.51. The van der Waals surface area contributed by atoms with Crippen molar-refractivity contribution in [3.05, 3.63) is 47.5 Å². The maximum atomic E-state index is 8.92. The highest BCUT2D eigenvalue weighted by molar-refractivity contribution is 5.65. The van der Waals surface area contributed by atoms with Gasteiger partial charge in [-0.05, 0) is 72.4 Å². The van der Waals surface area contributed by atoms with Gasteiger partial charge in [0, 0.05) is 38.3 Å². The molecule has 1 aromatic carbocycles. The van der Waals surface area contributed by atoms with Crippen LogP contribution in [-0.4, -0.2) is 54.3 Å². The number of rotatable bonds is 8. The zero-order valence-corrected chi connectivity index (χ0v) is 21.2. The van der Waals surface area contributed by atoms with Crippen molar-refractivity contribution < 1.29 is 5.11 Å². The molecule has 1 fully saturated rings. The van der Waals surface area contributed by atoms with Crippen LogP contribution in [-0.2, 0) is 10.8 Å². The van der Waals surface area contributed by atoms with Crippen molar-refractivity contribution in [2.75, 3.05) is 44.2 Å². The molecule has 2 aromatic rings. The number of unbranched alkanes of at least 4 members (excludes halogenated alkanes) is 3. The summed E-state index contributed by atoms with van der Waals surface area (Å²) in [5.74, 6) is 1.10. The number of hydrogen-bond acceptors (Lipinski definition) is 4. The molecule has 180 valence electrons. The third-order valence-electron chi connectivity index (χ3n) is 7.96. The van der Waals surface area contributed by atoms with Gasteiger partial charge >= 0.3 is 0 Å². The number of aliphatic hydroxyl groups excluding tert-OH is 1. The van der Waals surface area contributed by atoms with Gasteiger partial charge in [0.1, 0.15) is 5.82 Å². The molecule has 2 heterocycles. The standard InChI is InChI=1S/C29H43N3O/c1-28(2)14-15-29(3,4)25-22-23(12-13-24(25)28)26-10-9-11-27(30-26)32-19-17-31(18-20-32)16-7-5-6-8-21-33/h9-13,22,33H,5-8,14-21H2,1-4H3. The molecule has 1 N–H and O–H groups in total. The number of hydrogen-bond donors (Lipinski definition) is 1. The van der Waals surface area contributed by atoms with Crippen LogP contribution in [0.2, 0.25) is 0 Å². The number of piperazine rings is 1. The number of benzene rings is 1. The fourth-order valence-corrected chi connectivity index (χ4v) is 5.51. The lowest BCUT2D eigenvalue weighted by atomic mass is 9.63. The highest BCUT2D eigenvalue weighted by Gasteiger charge is 2.37. The summed E-state index contributed by atoms with van der Waals surface area (Å²) in [6, 6.07) is 13.5. The molecule has 33 heavy (non-hydrogen) atoms. The van der Waals surface area contributed by atoms with E-state index in [4.69, 9.17) is 10.1 Å². The van der Waals surface area contributed by atoms with Crippen LogP contribution in [0.1, 0.15) is 77.3 Å². The van der Waals surface area contributed by atoms with Crippen molar-refractivity contribution in [2.45, 2.75) is 77.0 Å². The molecule has 0 radical (unpaired) electrons. The van der Waals surface area contributed by atoms with Crippen molar-refractivity contribution in [1.29, 1.82) is 0 Å². The van der Waals surface area contributed by atoms with E-state index < -0.39 is 0 Å². The zero-order chi connectivity index (χ0) is 23.5. The topological polar surface area (TPSA) is 39.6 Å². The Hall–Kier alpha value is -1.91. The van der Waals surface area contributed by atoms with Crippen LogP contribution in [0.3, 0.4) is 0 Å². The second-order valence-corrected chi connectivity index (χ2v) is 11.4. The van der Waals surface area contributed by atoms with Crippen molar-refractivity contribution in [3.8, 4) is 11.3 Å². The van der Waals surface area contributed by atoms with Crippen LogP contribution in [0.4, 0.5) is 5.82 Å². The minimum Gasteiger partial charge on any atom is -0.396 e. The second-order valence-electron chi connectivity index (χ2n) is 11.4. The Morgan fingerprint density at radius 3 is 2.24 bits per heavy atom. The van der Waals surface area contributed by atoms with Crippen molar-refractivity contribution >= 4 is 5.82 Å². The van der Waals surface area contributed by atoms with Gasteiger partial charge in [-0.3, -0.25) is 4.90 Å². The van der Waals surface area contributed by atoms with E-state index in [1.165, 1.54) is 48.9 Å². The first-order valence-electron chi connectivity index (χ1n) is 13.0. The van der Waals surface area contributed by atoms with Gasteiger partial charge in [-0.15, -0.1) is 0 Å². The first-order chi connectivity index (χ1) is 15.8. The summed E-state index contributed by atoms with van der Waals surface area (Å²) in [4.78, 5) is 10.1. The number of aliphatic hydroxyl groups is 1. The Morgan fingerprint density at radius 2 is 1.52 bits per heavy atom. The van der Waals surface area contributed by atoms with Crippen molar-refractivity contribution in [1.82, 2.24) is 9.88 Å².